The molecule has 0 saturated carbocycles. The molecule has 2 aromatic rings. The van der Waals surface area contributed by atoms with Crippen LogP contribution in [-0.2, 0) is 19.3 Å². The molecule has 0 atom stereocenters. The van der Waals surface area contributed by atoms with Crippen LogP contribution in [0.3, 0.4) is 0 Å². The number of rotatable bonds is 6. The van der Waals surface area contributed by atoms with Crippen molar-refractivity contribution in [3.63, 3.8) is 0 Å². The van der Waals surface area contributed by atoms with Gasteiger partial charge in [-0.25, -0.2) is 0 Å². The van der Waals surface area contributed by atoms with Gasteiger partial charge in [0.15, 0.2) is 11.5 Å². The third-order valence-electron chi connectivity index (χ3n) is 4.70. The highest BCUT2D eigenvalue weighted by atomic mass is 32.1. The average Bonchev–Trinajstić information content (AvgIpc) is 2.90. The molecule has 5 heteroatoms. The largest absolute Gasteiger partial charge is 0.493 e. The summed E-state index contributed by atoms with van der Waals surface area (Å²) >= 11 is 1.74. The minimum Gasteiger partial charge on any atom is -0.493 e. The van der Waals surface area contributed by atoms with E-state index < -0.39 is 0 Å². The summed E-state index contributed by atoms with van der Waals surface area (Å²) in [6.07, 6.45) is 6.62. The molecule has 1 aromatic heterocycles. The van der Waals surface area contributed by atoms with Crippen LogP contribution in [0.4, 0.5) is 0 Å². The lowest BCUT2D eigenvalue weighted by molar-refractivity contribution is 0.0953. The predicted octanol–water partition coefficient (Wildman–Crippen LogP) is 4.01. The predicted molar refractivity (Wildman–Crippen MR) is 101 cm³/mol. The summed E-state index contributed by atoms with van der Waals surface area (Å²) in [7, 11) is 3.26. The number of carbonyl (C=O) groups excluding carboxylic acids is 1. The molecule has 134 valence electrons. The molecule has 25 heavy (non-hydrogen) atoms. The summed E-state index contributed by atoms with van der Waals surface area (Å²) in [6, 6.07) is 5.86. The second-order valence-corrected chi connectivity index (χ2v) is 7.27. The zero-order valence-electron chi connectivity index (χ0n) is 14.9. The number of thiophene rings is 1. The van der Waals surface area contributed by atoms with Crippen LogP contribution in [0.15, 0.2) is 23.6 Å². The number of carbonyl (C=O) groups is 1. The molecule has 0 saturated heterocycles. The van der Waals surface area contributed by atoms with Crippen LogP contribution in [-0.4, -0.2) is 26.7 Å². The van der Waals surface area contributed by atoms with E-state index in [0.717, 1.165) is 41.9 Å². The first-order valence-electron chi connectivity index (χ1n) is 8.81. The Kier molecular flexibility index (Phi) is 5.97. The van der Waals surface area contributed by atoms with Crippen LogP contribution in [0, 0.1) is 0 Å². The van der Waals surface area contributed by atoms with E-state index in [1.807, 2.05) is 23.6 Å². The van der Waals surface area contributed by atoms with Crippen LogP contribution in [0.5, 0.6) is 11.5 Å². The highest BCUT2D eigenvalue weighted by molar-refractivity contribution is 7.10. The maximum Gasteiger partial charge on any atom is 0.252 e. The molecule has 4 nitrogen and oxygen atoms in total. The monoisotopic (exact) mass is 359 g/mol. The van der Waals surface area contributed by atoms with Gasteiger partial charge in [0.05, 0.1) is 19.8 Å². The summed E-state index contributed by atoms with van der Waals surface area (Å²) in [6.45, 7) is 0.610. The molecule has 1 aromatic carbocycles. The molecule has 1 N–H and O–H groups in total. The number of amides is 1. The van der Waals surface area contributed by atoms with Gasteiger partial charge in [-0.05, 0) is 55.4 Å². The summed E-state index contributed by atoms with van der Waals surface area (Å²) in [5.74, 6) is 1.49. The highest BCUT2D eigenvalue weighted by Gasteiger charge is 2.18. The molecule has 0 spiro atoms. The normalized spacial score (nSPS) is 13.7. The van der Waals surface area contributed by atoms with Crippen molar-refractivity contribution in [1.82, 2.24) is 5.32 Å². The lowest BCUT2D eigenvalue weighted by Crippen LogP contribution is -2.26. The Morgan fingerprint density at radius 3 is 2.72 bits per heavy atom. The number of fused-ring (bicyclic) bond motifs is 1. The van der Waals surface area contributed by atoms with Gasteiger partial charge in [-0.3, -0.25) is 4.79 Å². The van der Waals surface area contributed by atoms with Crippen LogP contribution in [0.1, 0.15) is 45.6 Å². The number of hydrogen-bond acceptors (Lipinski definition) is 4. The SMILES string of the molecule is COc1ccc(CCNC(=O)c2csc3c2CCCCC3)cc1OC. The van der Waals surface area contributed by atoms with Crippen molar-refractivity contribution in [2.45, 2.75) is 38.5 Å². The fourth-order valence-electron chi connectivity index (χ4n) is 3.31. The lowest BCUT2D eigenvalue weighted by atomic mass is 10.1. The van der Waals surface area contributed by atoms with Crippen LogP contribution < -0.4 is 14.8 Å². The Labute approximate surface area is 153 Å². The molecule has 1 amide bonds. The van der Waals surface area contributed by atoms with E-state index in [4.69, 9.17) is 9.47 Å². The van der Waals surface area contributed by atoms with Gasteiger partial charge < -0.3 is 14.8 Å². The third kappa shape index (κ3) is 4.15. The maximum atomic E-state index is 12.6. The van der Waals surface area contributed by atoms with Crippen molar-refractivity contribution in [3.05, 3.63) is 45.1 Å². The Balaban J connectivity index is 1.59. The van der Waals surface area contributed by atoms with Gasteiger partial charge in [-0.15, -0.1) is 11.3 Å². The summed E-state index contributed by atoms with van der Waals surface area (Å²) in [4.78, 5) is 14.0. The molecule has 0 unspecified atom stereocenters. The van der Waals surface area contributed by atoms with E-state index >= 15 is 0 Å². The smallest absolute Gasteiger partial charge is 0.252 e. The first-order chi connectivity index (χ1) is 12.2. The number of benzene rings is 1. The summed E-state index contributed by atoms with van der Waals surface area (Å²) < 4.78 is 10.6. The van der Waals surface area contributed by atoms with Crippen molar-refractivity contribution < 1.29 is 14.3 Å². The van der Waals surface area contributed by atoms with E-state index in [2.05, 4.69) is 5.32 Å². The Hall–Kier alpha value is -2.01. The standard InChI is InChI=1S/C20H25NO3S/c1-23-17-9-8-14(12-18(17)24-2)10-11-21-20(22)16-13-25-19-7-5-3-4-6-15(16)19/h8-9,12-13H,3-7,10-11H2,1-2H3,(H,21,22). The molecule has 1 heterocycles. The molecule has 1 aliphatic rings. The van der Waals surface area contributed by atoms with Crippen molar-refractivity contribution in [1.29, 1.82) is 0 Å². The molecule has 0 radical (unpaired) electrons. The summed E-state index contributed by atoms with van der Waals surface area (Å²) in [5.41, 5.74) is 3.28. The summed E-state index contributed by atoms with van der Waals surface area (Å²) in [5, 5.41) is 5.10. The van der Waals surface area contributed by atoms with Gasteiger partial charge in [0, 0.05) is 16.8 Å². The fraction of sp³-hybridized carbons (Fsp3) is 0.450. The zero-order valence-corrected chi connectivity index (χ0v) is 15.7. The number of hydrogen-bond donors (Lipinski definition) is 1. The number of ether oxygens (including phenoxy) is 2. The van der Waals surface area contributed by atoms with Crippen LogP contribution in [0.2, 0.25) is 0 Å². The zero-order chi connectivity index (χ0) is 17.6. The van der Waals surface area contributed by atoms with Crippen LogP contribution >= 0.6 is 11.3 Å². The Morgan fingerprint density at radius 1 is 1.12 bits per heavy atom. The van der Waals surface area contributed by atoms with Crippen LogP contribution in [0.25, 0.3) is 0 Å². The van der Waals surface area contributed by atoms with Gasteiger partial charge in [0.1, 0.15) is 0 Å². The Bertz CT molecular complexity index is 739. The van der Waals surface area contributed by atoms with Gasteiger partial charge in [-0.1, -0.05) is 12.5 Å². The molecular formula is C20H25NO3S. The van der Waals surface area contributed by atoms with E-state index in [1.165, 1.54) is 29.7 Å². The molecule has 0 fully saturated rings. The van der Waals surface area contributed by atoms with Crippen molar-refractivity contribution in [3.8, 4) is 11.5 Å². The average molecular weight is 359 g/mol. The van der Waals surface area contributed by atoms with Crippen molar-refractivity contribution >= 4 is 17.2 Å². The van der Waals surface area contributed by atoms with Crippen molar-refractivity contribution in [2.24, 2.45) is 0 Å². The first-order valence-corrected chi connectivity index (χ1v) is 9.69. The third-order valence-corrected chi connectivity index (χ3v) is 5.79. The fourth-order valence-corrected chi connectivity index (χ4v) is 4.44. The van der Waals surface area contributed by atoms with Gasteiger partial charge in [-0.2, -0.15) is 0 Å². The minimum absolute atomic E-state index is 0.0554. The van der Waals surface area contributed by atoms with E-state index in [1.54, 1.807) is 25.6 Å². The minimum atomic E-state index is 0.0554. The van der Waals surface area contributed by atoms with E-state index in [0.29, 0.717) is 6.54 Å². The maximum absolute atomic E-state index is 12.6. The number of nitrogens with one attached hydrogen (secondary N) is 1. The molecule has 3 rings (SSSR count). The molecule has 0 bridgehead atoms. The number of aryl methyl sites for hydroxylation is 1. The first kappa shape index (κ1) is 17.8. The second-order valence-electron chi connectivity index (χ2n) is 6.31. The van der Waals surface area contributed by atoms with Gasteiger partial charge in [0.25, 0.3) is 5.91 Å². The number of methoxy groups -OCH3 is 2. The van der Waals surface area contributed by atoms with Crippen molar-refractivity contribution in [2.75, 3.05) is 20.8 Å². The van der Waals surface area contributed by atoms with Gasteiger partial charge in [0.2, 0.25) is 0 Å². The highest BCUT2D eigenvalue weighted by Crippen LogP contribution is 2.30. The molecular weight excluding hydrogens is 334 g/mol. The topological polar surface area (TPSA) is 47.6 Å². The Morgan fingerprint density at radius 2 is 1.92 bits per heavy atom. The van der Waals surface area contributed by atoms with Gasteiger partial charge >= 0.3 is 0 Å². The van der Waals surface area contributed by atoms with E-state index in [-0.39, 0.29) is 5.91 Å². The van der Waals surface area contributed by atoms with E-state index in [9.17, 15) is 4.79 Å². The molecule has 0 aliphatic heterocycles. The molecule has 1 aliphatic carbocycles. The second kappa shape index (κ2) is 8.39. The quantitative estimate of drug-likeness (QED) is 0.793. The lowest BCUT2D eigenvalue weighted by Gasteiger charge is -2.10.